The summed E-state index contributed by atoms with van der Waals surface area (Å²) in [7, 11) is 0. The third-order valence-electron chi connectivity index (χ3n) is 3.51. The Morgan fingerprint density at radius 2 is 1.86 bits per heavy atom. The summed E-state index contributed by atoms with van der Waals surface area (Å²) < 4.78 is 8.06. The summed E-state index contributed by atoms with van der Waals surface area (Å²) in [4.78, 5) is 3.04. The van der Waals surface area contributed by atoms with Gasteiger partial charge in [-0.3, -0.25) is 4.98 Å². The van der Waals surface area contributed by atoms with Crippen LogP contribution in [-0.4, -0.2) is 4.98 Å². The average molecular weight is 314 g/mol. The van der Waals surface area contributed by atoms with Crippen molar-refractivity contribution in [3.8, 4) is 11.5 Å². The second-order valence-electron chi connectivity index (χ2n) is 5.40. The van der Waals surface area contributed by atoms with Gasteiger partial charge in [-0.1, -0.05) is 23.7 Å². The summed E-state index contributed by atoms with van der Waals surface area (Å²) >= 11 is 6.20. The van der Waals surface area contributed by atoms with E-state index in [4.69, 9.17) is 16.3 Å². The van der Waals surface area contributed by atoms with Gasteiger partial charge in [0.25, 0.3) is 0 Å². The van der Waals surface area contributed by atoms with E-state index in [-0.39, 0.29) is 0 Å². The highest BCUT2D eigenvalue weighted by Gasteiger charge is 2.06. The zero-order valence-corrected chi connectivity index (χ0v) is 13.4. The smallest absolute Gasteiger partial charge is 0.241 e. The van der Waals surface area contributed by atoms with Crippen LogP contribution < -0.4 is 9.30 Å². The standard InChI is InChI=1S/C18H17ClN2O/c1-13-8-17(9-14(2)18(13)19)22-16-5-3-4-15(10-16)11-21-7-6-20-12-21/h3-10,12H,11H2,1-2H3/p+1. The quantitative estimate of drug-likeness (QED) is 0.710. The van der Waals surface area contributed by atoms with Crippen LogP contribution in [0, 0.1) is 13.8 Å². The number of hydrogen-bond acceptors (Lipinski definition) is 1. The number of rotatable bonds is 4. The van der Waals surface area contributed by atoms with Gasteiger partial charge in [0.05, 0.1) is 0 Å². The van der Waals surface area contributed by atoms with Gasteiger partial charge in [-0.05, 0) is 54.8 Å². The molecule has 3 aromatic rings. The van der Waals surface area contributed by atoms with Gasteiger partial charge >= 0.3 is 0 Å². The number of aromatic nitrogens is 2. The predicted octanol–water partition coefficient (Wildman–Crippen LogP) is 4.41. The minimum atomic E-state index is 0.796. The Balaban J connectivity index is 1.81. The largest absolute Gasteiger partial charge is 0.457 e. The lowest BCUT2D eigenvalue weighted by atomic mass is 10.1. The van der Waals surface area contributed by atoms with Crippen LogP contribution in [-0.2, 0) is 6.54 Å². The second-order valence-corrected chi connectivity index (χ2v) is 5.78. The molecule has 0 spiro atoms. The Bertz CT molecular complexity index is 759. The molecule has 3 rings (SSSR count). The fourth-order valence-electron chi connectivity index (χ4n) is 2.44. The van der Waals surface area contributed by atoms with Crippen molar-refractivity contribution in [2.75, 3.05) is 0 Å². The lowest BCUT2D eigenvalue weighted by Crippen LogP contribution is -2.30. The van der Waals surface area contributed by atoms with E-state index < -0.39 is 0 Å². The first-order valence-corrected chi connectivity index (χ1v) is 7.55. The molecular formula is C18H18ClN2O+. The summed E-state index contributed by atoms with van der Waals surface area (Å²) in [5, 5.41) is 0.796. The number of ether oxygens (including phenoxy) is 1. The monoisotopic (exact) mass is 313 g/mol. The van der Waals surface area contributed by atoms with Gasteiger partial charge in [0.1, 0.15) is 30.4 Å². The van der Waals surface area contributed by atoms with E-state index in [1.807, 2.05) is 56.8 Å². The molecule has 1 N–H and O–H groups in total. The summed E-state index contributed by atoms with van der Waals surface area (Å²) in [6.45, 7) is 4.78. The summed E-state index contributed by atoms with van der Waals surface area (Å²) in [5.74, 6) is 1.64. The van der Waals surface area contributed by atoms with Crippen LogP contribution in [0.1, 0.15) is 16.7 Å². The minimum Gasteiger partial charge on any atom is -0.457 e. The molecule has 1 aromatic heterocycles. The average Bonchev–Trinajstić information content (AvgIpc) is 2.98. The maximum Gasteiger partial charge on any atom is 0.241 e. The van der Waals surface area contributed by atoms with Crippen LogP contribution in [0.2, 0.25) is 5.02 Å². The topological polar surface area (TPSA) is 28.9 Å². The van der Waals surface area contributed by atoms with Gasteiger partial charge < -0.3 is 4.74 Å². The van der Waals surface area contributed by atoms with E-state index in [1.165, 1.54) is 5.56 Å². The molecule has 0 amide bonds. The summed E-state index contributed by atoms with van der Waals surface area (Å²) in [6.07, 6.45) is 5.83. The number of nitrogens with one attached hydrogen (secondary N) is 1. The van der Waals surface area contributed by atoms with E-state index in [1.54, 1.807) is 0 Å². The Morgan fingerprint density at radius 1 is 1.09 bits per heavy atom. The van der Waals surface area contributed by atoms with Crippen molar-refractivity contribution in [1.82, 2.24) is 4.98 Å². The molecule has 4 heteroatoms. The molecule has 3 nitrogen and oxygen atoms in total. The fourth-order valence-corrected chi connectivity index (χ4v) is 2.55. The normalized spacial score (nSPS) is 10.7. The Labute approximate surface area is 135 Å². The van der Waals surface area contributed by atoms with Crippen LogP contribution in [0.3, 0.4) is 0 Å². The third kappa shape index (κ3) is 3.31. The van der Waals surface area contributed by atoms with Gasteiger partial charge in [0.2, 0.25) is 6.33 Å². The zero-order chi connectivity index (χ0) is 15.5. The Hall–Kier alpha value is -2.26. The maximum absolute atomic E-state index is 6.20. The molecule has 2 aromatic carbocycles. The number of aromatic amines is 1. The molecule has 0 aliphatic rings. The SMILES string of the molecule is Cc1cc(Oc2cccc(C[n+]3cc[nH]c3)c2)cc(C)c1Cl. The number of nitrogens with zero attached hydrogens (tertiary/aromatic N) is 1. The maximum atomic E-state index is 6.20. The van der Waals surface area contributed by atoms with E-state index in [9.17, 15) is 0 Å². The van der Waals surface area contributed by atoms with Crippen LogP contribution in [0.25, 0.3) is 0 Å². The molecule has 0 fully saturated rings. The Kier molecular flexibility index (Phi) is 4.16. The number of hydrogen-bond donors (Lipinski definition) is 1. The lowest BCUT2D eigenvalue weighted by molar-refractivity contribution is -0.687. The number of H-pyrrole nitrogens is 1. The van der Waals surface area contributed by atoms with Crippen LogP contribution in [0.5, 0.6) is 11.5 Å². The zero-order valence-electron chi connectivity index (χ0n) is 12.6. The van der Waals surface area contributed by atoms with E-state index in [2.05, 4.69) is 21.7 Å². The van der Waals surface area contributed by atoms with E-state index >= 15 is 0 Å². The molecule has 0 radical (unpaired) electrons. The van der Waals surface area contributed by atoms with Gasteiger partial charge in [-0.2, -0.15) is 0 Å². The van der Waals surface area contributed by atoms with Crippen molar-refractivity contribution in [3.63, 3.8) is 0 Å². The first-order valence-electron chi connectivity index (χ1n) is 7.17. The first kappa shape index (κ1) is 14.7. The fraction of sp³-hybridized carbons (Fsp3) is 0.167. The van der Waals surface area contributed by atoms with Crippen molar-refractivity contribution in [1.29, 1.82) is 0 Å². The second kappa shape index (κ2) is 6.24. The van der Waals surface area contributed by atoms with Crippen molar-refractivity contribution in [2.24, 2.45) is 0 Å². The van der Waals surface area contributed by atoms with Crippen molar-refractivity contribution < 1.29 is 9.30 Å². The van der Waals surface area contributed by atoms with Gasteiger partial charge in [0, 0.05) is 5.02 Å². The van der Waals surface area contributed by atoms with E-state index in [0.29, 0.717) is 0 Å². The van der Waals surface area contributed by atoms with Crippen molar-refractivity contribution >= 4 is 11.6 Å². The highest BCUT2D eigenvalue weighted by atomic mass is 35.5. The van der Waals surface area contributed by atoms with Crippen LogP contribution >= 0.6 is 11.6 Å². The molecule has 22 heavy (non-hydrogen) atoms. The molecule has 0 aliphatic heterocycles. The number of halogens is 1. The molecule has 112 valence electrons. The van der Waals surface area contributed by atoms with Gasteiger partial charge in [-0.15, -0.1) is 0 Å². The van der Waals surface area contributed by atoms with Crippen molar-refractivity contribution in [3.05, 3.63) is 76.8 Å². The number of aryl methyl sites for hydroxylation is 2. The first-order chi connectivity index (χ1) is 10.6. The van der Waals surface area contributed by atoms with Crippen molar-refractivity contribution in [2.45, 2.75) is 20.4 Å². The van der Waals surface area contributed by atoms with Gasteiger partial charge in [0.15, 0.2) is 0 Å². The highest BCUT2D eigenvalue weighted by molar-refractivity contribution is 6.32. The minimum absolute atomic E-state index is 0.796. The van der Waals surface area contributed by atoms with Crippen LogP contribution in [0.15, 0.2) is 55.1 Å². The predicted molar refractivity (Wildman–Crippen MR) is 87.5 cm³/mol. The molecule has 0 aliphatic carbocycles. The number of benzene rings is 2. The third-order valence-corrected chi connectivity index (χ3v) is 4.11. The molecule has 0 saturated heterocycles. The number of imidazole rings is 1. The van der Waals surface area contributed by atoms with Gasteiger partial charge in [-0.25, -0.2) is 4.57 Å². The molecular weight excluding hydrogens is 296 g/mol. The molecule has 0 bridgehead atoms. The molecule has 1 heterocycles. The summed E-state index contributed by atoms with van der Waals surface area (Å²) in [6, 6.07) is 12.0. The molecule has 0 atom stereocenters. The summed E-state index contributed by atoms with van der Waals surface area (Å²) in [5.41, 5.74) is 3.23. The van der Waals surface area contributed by atoms with E-state index in [0.717, 1.165) is 34.2 Å². The lowest BCUT2D eigenvalue weighted by Gasteiger charge is -2.10. The van der Waals surface area contributed by atoms with Crippen LogP contribution in [0.4, 0.5) is 0 Å². The highest BCUT2D eigenvalue weighted by Crippen LogP contribution is 2.29. The molecule has 0 unspecified atom stereocenters. The Morgan fingerprint density at radius 3 is 2.55 bits per heavy atom. The molecule has 0 saturated carbocycles.